The lowest BCUT2D eigenvalue weighted by Crippen LogP contribution is -2.29. The van der Waals surface area contributed by atoms with Crippen LogP contribution in [0, 0.1) is 5.41 Å². The molecule has 0 heterocycles. The molecule has 0 fully saturated rings. The first-order valence-corrected chi connectivity index (χ1v) is 17.3. The summed E-state index contributed by atoms with van der Waals surface area (Å²) in [6, 6.07) is 53.8. The molecule has 2 aliphatic rings. The average molecular weight is 623 g/mol. The first-order valence-electron chi connectivity index (χ1n) is 17.3. The zero-order chi connectivity index (χ0) is 32.7. The number of benzene rings is 8. The van der Waals surface area contributed by atoms with Crippen LogP contribution in [0.5, 0.6) is 0 Å². The Balaban J connectivity index is 1.18. The predicted molar refractivity (Wildman–Crippen MR) is 211 cm³/mol. The van der Waals surface area contributed by atoms with E-state index in [-0.39, 0.29) is 5.41 Å². The van der Waals surface area contributed by atoms with E-state index in [0.717, 1.165) is 0 Å². The van der Waals surface area contributed by atoms with Crippen molar-refractivity contribution in [2.45, 2.75) is 13.8 Å². The Bertz CT molecular complexity index is 2800. The summed E-state index contributed by atoms with van der Waals surface area (Å²) in [7, 11) is 0. The van der Waals surface area contributed by atoms with Gasteiger partial charge in [-0.2, -0.15) is 0 Å². The van der Waals surface area contributed by atoms with E-state index in [0.29, 0.717) is 0 Å². The molecule has 0 amide bonds. The van der Waals surface area contributed by atoms with E-state index in [4.69, 9.17) is 0 Å². The third-order valence-corrected chi connectivity index (χ3v) is 10.8. The maximum atomic E-state index is 2.44. The van der Waals surface area contributed by atoms with Gasteiger partial charge in [-0.15, -0.1) is 0 Å². The number of hydrogen-bond donors (Lipinski definition) is 0. The molecule has 0 spiro atoms. The van der Waals surface area contributed by atoms with Crippen LogP contribution in [-0.4, -0.2) is 0 Å². The molecule has 8 aromatic rings. The Hall–Kier alpha value is -5.98. The highest BCUT2D eigenvalue weighted by atomic mass is 14.3. The van der Waals surface area contributed by atoms with Crippen molar-refractivity contribution in [3.05, 3.63) is 180 Å². The van der Waals surface area contributed by atoms with Crippen LogP contribution in [0.2, 0.25) is 0 Å². The van der Waals surface area contributed by atoms with Crippen LogP contribution >= 0.6 is 0 Å². The zero-order valence-electron chi connectivity index (χ0n) is 27.7. The van der Waals surface area contributed by atoms with Crippen molar-refractivity contribution in [1.82, 2.24) is 0 Å². The summed E-state index contributed by atoms with van der Waals surface area (Å²) in [6.45, 7) is 4.69. The van der Waals surface area contributed by atoms with Crippen LogP contribution in [0.4, 0.5) is 0 Å². The second kappa shape index (κ2) is 10.5. The third-order valence-electron chi connectivity index (χ3n) is 10.8. The fourth-order valence-electron chi connectivity index (χ4n) is 8.68. The summed E-state index contributed by atoms with van der Waals surface area (Å²) in [5.74, 6) is 0. The average Bonchev–Trinajstić information content (AvgIpc) is 3.56. The van der Waals surface area contributed by atoms with Gasteiger partial charge >= 0.3 is 0 Å². The molecule has 0 aliphatic heterocycles. The van der Waals surface area contributed by atoms with Gasteiger partial charge in [-0.3, -0.25) is 0 Å². The Morgan fingerprint density at radius 3 is 1.53 bits per heavy atom. The van der Waals surface area contributed by atoms with E-state index in [1.807, 2.05) is 0 Å². The van der Waals surface area contributed by atoms with E-state index >= 15 is 0 Å². The molecule has 0 saturated heterocycles. The van der Waals surface area contributed by atoms with Gasteiger partial charge in [0.1, 0.15) is 0 Å². The van der Waals surface area contributed by atoms with Gasteiger partial charge in [-0.1, -0.05) is 172 Å². The summed E-state index contributed by atoms with van der Waals surface area (Å²) in [4.78, 5) is 0. The molecule has 0 unspecified atom stereocenters. The third kappa shape index (κ3) is 4.17. The standard InChI is InChI=1S/C49H34/c1-49(2)28-12-15-35-30-44-37-17-7-6-16-36(37)38-27-26-34(29-43(38)47(44)48(35)49)31-22-24-33(25-23-31)46-41-20-10-8-18-39(41)45(32-13-4-3-5-14-32)40-19-9-11-21-42(40)46/h3-30H,1-2H3. The highest BCUT2D eigenvalue weighted by Crippen LogP contribution is 2.44. The second-order valence-corrected chi connectivity index (χ2v) is 14.1. The number of hydrogen-bond acceptors (Lipinski definition) is 0. The quantitative estimate of drug-likeness (QED) is 0.136. The van der Waals surface area contributed by atoms with Gasteiger partial charge in [-0.25, -0.2) is 0 Å². The maximum Gasteiger partial charge on any atom is 0.00907 e. The fraction of sp³-hybridized carbons (Fsp3) is 0.0612. The van der Waals surface area contributed by atoms with Crippen molar-refractivity contribution in [2.75, 3.05) is 0 Å². The minimum atomic E-state index is -0.0412. The van der Waals surface area contributed by atoms with Crippen molar-refractivity contribution in [3.8, 4) is 33.4 Å². The molecule has 0 atom stereocenters. The van der Waals surface area contributed by atoms with Gasteiger partial charge in [0.05, 0.1) is 0 Å². The van der Waals surface area contributed by atoms with Crippen LogP contribution in [0.25, 0.3) is 88.1 Å². The van der Waals surface area contributed by atoms with Crippen LogP contribution in [-0.2, 0) is 0 Å². The summed E-state index contributed by atoms with van der Waals surface area (Å²) in [5.41, 5.74) is 10.3. The van der Waals surface area contributed by atoms with Crippen molar-refractivity contribution in [2.24, 2.45) is 5.41 Å². The summed E-state index contributed by atoms with van der Waals surface area (Å²) in [6.07, 6.45) is 9.26. The van der Waals surface area contributed by atoms with Gasteiger partial charge in [0.15, 0.2) is 0 Å². The lowest BCUT2D eigenvalue weighted by atomic mass is 9.77. The van der Waals surface area contributed by atoms with Gasteiger partial charge in [0.25, 0.3) is 0 Å². The van der Waals surface area contributed by atoms with Gasteiger partial charge in [0.2, 0.25) is 0 Å². The monoisotopic (exact) mass is 622 g/mol. The first kappa shape index (κ1) is 28.1. The Labute approximate surface area is 286 Å². The normalized spacial score (nSPS) is 14.7. The van der Waals surface area contributed by atoms with Crippen molar-refractivity contribution >= 4 is 54.7 Å². The highest BCUT2D eigenvalue weighted by Gasteiger charge is 2.29. The van der Waals surface area contributed by atoms with E-state index in [2.05, 4.69) is 184 Å². The molecule has 0 nitrogen and oxygen atoms in total. The predicted octanol–water partition coefficient (Wildman–Crippen LogP) is 11.8. The Morgan fingerprint density at radius 1 is 0.408 bits per heavy atom. The van der Waals surface area contributed by atoms with Crippen LogP contribution in [0.3, 0.4) is 0 Å². The molecule has 0 bridgehead atoms. The van der Waals surface area contributed by atoms with Crippen molar-refractivity contribution < 1.29 is 0 Å². The minimum Gasteiger partial charge on any atom is -0.0744 e. The van der Waals surface area contributed by atoms with Crippen LogP contribution in [0.15, 0.2) is 169 Å². The summed E-state index contributed by atoms with van der Waals surface area (Å²) < 4.78 is 0. The fourth-order valence-corrected chi connectivity index (χ4v) is 8.68. The molecular formula is C49H34. The molecule has 0 saturated carbocycles. The molecule has 0 radical (unpaired) electrons. The van der Waals surface area contributed by atoms with Gasteiger partial charge in [0, 0.05) is 5.41 Å². The molecule has 0 heteroatoms. The molecule has 49 heavy (non-hydrogen) atoms. The lowest BCUT2D eigenvalue weighted by Gasteiger charge is -2.27. The van der Waals surface area contributed by atoms with Crippen molar-refractivity contribution in [3.63, 3.8) is 0 Å². The largest absolute Gasteiger partial charge is 0.0744 e. The molecule has 10 rings (SSSR count). The van der Waals surface area contributed by atoms with Crippen LogP contribution in [0.1, 0.15) is 13.8 Å². The van der Waals surface area contributed by atoms with Crippen molar-refractivity contribution in [1.29, 1.82) is 0 Å². The first-order chi connectivity index (χ1) is 24.1. The van der Waals surface area contributed by atoms with Crippen LogP contribution < -0.4 is 10.4 Å². The molecular weight excluding hydrogens is 589 g/mol. The molecule has 2 aliphatic carbocycles. The van der Waals surface area contributed by atoms with E-state index < -0.39 is 0 Å². The minimum absolute atomic E-state index is 0.0412. The smallest absolute Gasteiger partial charge is 0.00907 e. The number of allylic oxidation sites excluding steroid dienone is 4. The van der Waals surface area contributed by atoms with E-state index in [9.17, 15) is 0 Å². The van der Waals surface area contributed by atoms with Gasteiger partial charge < -0.3 is 0 Å². The summed E-state index contributed by atoms with van der Waals surface area (Å²) in [5, 5.41) is 13.2. The topological polar surface area (TPSA) is 0 Å². The molecule has 230 valence electrons. The summed E-state index contributed by atoms with van der Waals surface area (Å²) >= 11 is 0. The zero-order valence-corrected chi connectivity index (χ0v) is 27.7. The highest BCUT2D eigenvalue weighted by molar-refractivity contribution is 6.21. The van der Waals surface area contributed by atoms with Gasteiger partial charge in [-0.05, 0) is 110 Å². The Kier molecular flexibility index (Phi) is 6.02. The Morgan fingerprint density at radius 2 is 0.898 bits per heavy atom. The maximum absolute atomic E-state index is 2.44. The second-order valence-electron chi connectivity index (χ2n) is 14.1. The number of fused-ring (bicyclic) bond motifs is 9. The lowest BCUT2D eigenvalue weighted by molar-refractivity contribution is 0.645. The number of rotatable bonds is 3. The SMILES string of the molecule is CC1(C)C=CC=C2C=c3c(c4cc(-c5ccc(-c6c7ccccc7c(-c7ccccc7)c7ccccc67)cc5)ccc4c4ccccc34)=C21. The van der Waals surface area contributed by atoms with E-state index in [1.165, 1.54) is 98.1 Å². The molecule has 0 aromatic heterocycles. The molecule has 0 N–H and O–H groups in total. The van der Waals surface area contributed by atoms with E-state index in [1.54, 1.807) is 0 Å². The molecule has 8 aromatic carbocycles.